The topological polar surface area (TPSA) is 55.9 Å². The molecule has 1 aromatic carbocycles. The van der Waals surface area contributed by atoms with Crippen LogP contribution in [0.1, 0.15) is 44.7 Å². The lowest BCUT2D eigenvalue weighted by Crippen LogP contribution is -2.54. The predicted molar refractivity (Wildman–Crippen MR) is 118 cm³/mol. The number of nitrogens with zero attached hydrogens (tertiary/aromatic N) is 3. The van der Waals surface area contributed by atoms with E-state index in [1.54, 1.807) is 0 Å². The van der Waals surface area contributed by atoms with E-state index in [1.165, 1.54) is 6.42 Å². The fraction of sp³-hybridized carbons (Fsp3) is 0.667. The number of benzene rings is 1. The molecule has 6 nitrogen and oxygen atoms in total. The van der Waals surface area contributed by atoms with E-state index < -0.39 is 0 Å². The molecule has 1 N–H and O–H groups in total. The van der Waals surface area contributed by atoms with Crippen molar-refractivity contribution in [3.63, 3.8) is 0 Å². The standard InChI is InChI=1S/C24H36N4O2/c1-18-14-19(2)16-28(15-18)22(29)17-26-10-12-27(13-11-26)23(20-6-4-3-5-7-20)24(30)25-21-8-9-21/h3-7,18-19,21,23H,8-17H2,1-2H3,(H,25,30). The fourth-order valence-electron chi connectivity index (χ4n) is 5.01. The second-order valence-electron chi connectivity index (χ2n) is 9.65. The molecular weight excluding hydrogens is 376 g/mol. The summed E-state index contributed by atoms with van der Waals surface area (Å²) in [6, 6.07) is 10.2. The first-order valence-corrected chi connectivity index (χ1v) is 11.6. The molecule has 6 heteroatoms. The van der Waals surface area contributed by atoms with Crippen LogP contribution in [0.5, 0.6) is 0 Å². The summed E-state index contributed by atoms with van der Waals surface area (Å²) >= 11 is 0. The van der Waals surface area contributed by atoms with Crippen LogP contribution in [0.15, 0.2) is 30.3 Å². The molecule has 0 radical (unpaired) electrons. The molecule has 2 saturated heterocycles. The highest BCUT2D eigenvalue weighted by molar-refractivity contribution is 5.83. The van der Waals surface area contributed by atoms with Gasteiger partial charge in [0.25, 0.3) is 0 Å². The van der Waals surface area contributed by atoms with E-state index >= 15 is 0 Å². The van der Waals surface area contributed by atoms with Gasteiger partial charge in [0.15, 0.2) is 0 Å². The lowest BCUT2D eigenvalue weighted by atomic mass is 9.92. The van der Waals surface area contributed by atoms with Gasteiger partial charge in [-0.1, -0.05) is 44.2 Å². The molecule has 2 amide bonds. The SMILES string of the molecule is CC1CC(C)CN(C(=O)CN2CCN(C(C(=O)NC3CC3)c3ccccc3)CC2)C1. The molecule has 3 fully saturated rings. The van der Waals surface area contributed by atoms with Crippen molar-refractivity contribution < 1.29 is 9.59 Å². The molecule has 1 aromatic rings. The summed E-state index contributed by atoms with van der Waals surface area (Å²) in [6.07, 6.45) is 3.40. The van der Waals surface area contributed by atoms with Crippen molar-refractivity contribution >= 4 is 11.8 Å². The zero-order chi connectivity index (χ0) is 21.1. The summed E-state index contributed by atoms with van der Waals surface area (Å²) in [5, 5.41) is 3.19. The highest BCUT2D eigenvalue weighted by atomic mass is 16.2. The van der Waals surface area contributed by atoms with Crippen molar-refractivity contribution in [3.8, 4) is 0 Å². The molecule has 2 heterocycles. The van der Waals surface area contributed by atoms with Gasteiger partial charge in [0.1, 0.15) is 6.04 Å². The molecule has 0 spiro atoms. The zero-order valence-electron chi connectivity index (χ0n) is 18.4. The van der Waals surface area contributed by atoms with Crippen LogP contribution in [0.3, 0.4) is 0 Å². The zero-order valence-corrected chi connectivity index (χ0v) is 18.4. The van der Waals surface area contributed by atoms with Gasteiger partial charge in [-0.15, -0.1) is 0 Å². The van der Waals surface area contributed by atoms with E-state index in [0.717, 1.165) is 57.7 Å². The predicted octanol–water partition coefficient (Wildman–Crippen LogP) is 2.13. The van der Waals surface area contributed by atoms with Crippen LogP contribution < -0.4 is 5.32 Å². The molecule has 1 saturated carbocycles. The first-order valence-electron chi connectivity index (χ1n) is 11.6. The first kappa shape index (κ1) is 21.3. The van der Waals surface area contributed by atoms with E-state index in [0.29, 0.717) is 24.4 Å². The average Bonchev–Trinajstić information content (AvgIpc) is 3.53. The molecule has 2 aliphatic heterocycles. The number of nitrogens with one attached hydrogen (secondary N) is 1. The highest BCUT2D eigenvalue weighted by Gasteiger charge is 2.34. The van der Waals surface area contributed by atoms with Crippen molar-refractivity contribution in [1.82, 2.24) is 20.0 Å². The van der Waals surface area contributed by atoms with Gasteiger partial charge in [-0.25, -0.2) is 0 Å². The molecular formula is C24H36N4O2. The van der Waals surface area contributed by atoms with Gasteiger partial charge >= 0.3 is 0 Å². The Hall–Kier alpha value is -1.92. The van der Waals surface area contributed by atoms with Crippen LogP contribution in [0.4, 0.5) is 0 Å². The monoisotopic (exact) mass is 412 g/mol. The smallest absolute Gasteiger partial charge is 0.242 e. The van der Waals surface area contributed by atoms with Crippen LogP contribution in [0.25, 0.3) is 0 Å². The Kier molecular flexibility index (Phi) is 6.74. The number of hydrogen-bond donors (Lipinski definition) is 1. The summed E-state index contributed by atoms with van der Waals surface area (Å²) in [6.45, 7) is 10.0. The van der Waals surface area contributed by atoms with Gasteiger partial charge in [-0.2, -0.15) is 0 Å². The number of carbonyl (C=O) groups excluding carboxylic acids is 2. The van der Waals surface area contributed by atoms with Crippen LogP contribution in [0, 0.1) is 11.8 Å². The van der Waals surface area contributed by atoms with Gasteiger partial charge in [-0.05, 0) is 36.7 Å². The van der Waals surface area contributed by atoms with E-state index in [9.17, 15) is 9.59 Å². The molecule has 0 bridgehead atoms. The maximum absolute atomic E-state index is 13.0. The second-order valence-corrected chi connectivity index (χ2v) is 9.65. The van der Waals surface area contributed by atoms with E-state index in [1.807, 2.05) is 30.3 Å². The molecule has 30 heavy (non-hydrogen) atoms. The maximum Gasteiger partial charge on any atom is 0.242 e. The van der Waals surface area contributed by atoms with Crippen LogP contribution in [0.2, 0.25) is 0 Å². The van der Waals surface area contributed by atoms with Gasteiger partial charge in [0.05, 0.1) is 6.54 Å². The quantitative estimate of drug-likeness (QED) is 0.778. The summed E-state index contributed by atoms with van der Waals surface area (Å²) in [7, 11) is 0. The van der Waals surface area contributed by atoms with E-state index in [4.69, 9.17) is 0 Å². The number of hydrogen-bond acceptors (Lipinski definition) is 4. The normalized spacial score (nSPS) is 26.9. The molecule has 3 unspecified atom stereocenters. The number of amides is 2. The first-order chi connectivity index (χ1) is 14.5. The van der Waals surface area contributed by atoms with Gasteiger partial charge in [0.2, 0.25) is 11.8 Å². The third-order valence-electron chi connectivity index (χ3n) is 6.64. The largest absolute Gasteiger partial charge is 0.352 e. The molecule has 0 aromatic heterocycles. The minimum atomic E-state index is -0.242. The average molecular weight is 413 g/mol. The fourth-order valence-corrected chi connectivity index (χ4v) is 5.01. The molecule has 3 atom stereocenters. The molecule has 1 aliphatic carbocycles. The summed E-state index contributed by atoms with van der Waals surface area (Å²) < 4.78 is 0. The third kappa shape index (κ3) is 5.41. The summed E-state index contributed by atoms with van der Waals surface area (Å²) in [5.41, 5.74) is 1.05. The maximum atomic E-state index is 13.0. The minimum absolute atomic E-state index is 0.115. The highest BCUT2D eigenvalue weighted by Crippen LogP contribution is 2.26. The van der Waals surface area contributed by atoms with Crippen molar-refractivity contribution in [2.45, 2.75) is 45.2 Å². The number of rotatable bonds is 6. The van der Waals surface area contributed by atoms with Crippen LogP contribution >= 0.6 is 0 Å². The number of likely N-dealkylation sites (tertiary alicyclic amines) is 1. The lowest BCUT2D eigenvalue weighted by Gasteiger charge is -2.40. The van der Waals surface area contributed by atoms with Crippen LogP contribution in [-0.4, -0.2) is 78.4 Å². The minimum Gasteiger partial charge on any atom is -0.352 e. The Morgan fingerprint density at radius 1 is 1.00 bits per heavy atom. The molecule has 4 rings (SSSR count). The van der Waals surface area contributed by atoms with E-state index in [-0.39, 0.29) is 17.9 Å². The van der Waals surface area contributed by atoms with Gasteiger partial charge < -0.3 is 10.2 Å². The Morgan fingerprint density at radius 2 is 1.63 bits per heavy atom. The molecule has 164 valence electrons. The Labute approximate surface area is 180 Å². The Balaban J connectivity index is 1.33. The van der Waals surface area contributed by atoms with Crippen LogP contribution in [-0.2, 0) is 9.59 Å². The van der Waals surface area contributed by atoms with Crippen molar-refractivity contribution in [1.29, 1.82) is 0 Å². The lowest BCUT2D eigenvalue weighted by molar-refractivity contribution is -0.136. The number of carbonyl (C=O) groups is 2. The van der Waals surface area contributed by atoms with Crippen molar-refractivity contribution in [3.05, 3.63) is 35.9 Å². The second kappa shape index (κ2) is 9.48. The van der Waals surface area contributed by atoms with Gasteiger partial charge in [-0.3, -0.25) is 19.4 Å². The summed E-state index contributed by atoms with van der Waals surface area (Å²) in [5.74, 6) is 1.55. The molecule has 3 aliphatic rings. The van der Waals surface area contributed by atoms with Crippen molar-refractivity contribution in [2.24, 2.45) is 11.8 Å². The summed E-state index contributed by atoms with van der Waals surface area (Å²) in [4.78, 5) is 32.4. The Bertz CT molecular complexity index is 718. The van der Waals surface area contributed by atoms with Crippen molar-refractivity contribution in [2.75, 3.05) is 45.8 Å². The van der Waals surface area contributed by atoms with E-state index in [2.05, 4.69) is 33.9 Å². The third-order valence-corrected chi connectivity index (χ3v) is 6.64. The number of piperidine rings is 1. The Morgan fingerprint density at radius 3 is 2.23 bits per heavy atom. The van der Waals surface area contributed by atoms with Gasteiger partial charge in [0, 0.05) is 45.3 Å². The number of piperazine rings is 1.